The molecule has 1 saturated carbocycles. The van der Waals surface area contributed by atoms with Crippen molar-refractivity contribution in [3.63, 3.8) is 0 Å². The van der Waals surface area contributed by atoms with Crippen LogP contribution in [-0.4, -0.2) is 20.9 Å². The van der Waals surface area contributed by atoms with Gasteiger partial charge in [-0.2, -0.15) is 0 Å². The zero-order valence-corrected chi connectivity index (χ0v) is 14.0. The monoisotopic (exact) mass is 312 g/mol. The Labute approximate surface area is 137 Å². The van der Waals surface area contributed by atoms with E-state index in [2.05, 4.69) is 29.5 Å². The summed E-state index contributed by atoms with van der Waals surface area (Å²) in [5.41, 5.74) is 2.86. The average Bonchev–Trinajstić information content (AvgIpc) is 2.86. The molecule has 122 valence electrons. The molecular formula is C18H24N4O. The van der Waals surface area contributed by atoms with Gasteiger partial charge in [0.1, 0.15) is 0 Å². The summed E-state index contributed by atoms with van der Waals surface area (Å²) in [5, 5.41) is 11.6. The van der Waals surface area contributed by atoms with Crippen molar-refractivity contribution in [3.8, 4) is 0 Å². The minimum absolute atomic E-state index is 0.00918. The molecule has 2 aromatic rings. The summed E-state index contributed by atoms with van der Waals surface area (Å²) in [6, 6.07) is 10.0. The minimum atomic E-state index is 0.00918. The molecule has 1 aliphatic carbocycles. The van der Waals surface area contributed by atoms with Crippen LogP contribution in [0.1, 0.15) is 56.5 Å². The first-order chi connectivity index (χ1) is 11.0. The van der Waals surface area contributed by atoms with Crippen LogP contribution in [0, 0.1) is 12.8 Å². The Bertz CT molecular complexity index is 674. The van der Waals surface area contributed by atoms with Crippen LogP contribution in [0.15, 0.2) is 30.3 Å². The minimum Gasteiger partial charge on any atom is -0.326 e. The number of benzene rings is 1. The Balaban J connectivity index is 1.62. The lowest BCUT2D eigenvalue weighted by molar-refractivity contribution is -0.116. The predicted octanol–water partition coefficient (Wildman–Crippen LogP) is 3.69. The van der Waals surface area contributed by atoms with Crippen molar-refractivity contribution in [2.45, 2.75) is 52.0 Å². The van der Waals surface area contributed by atoms with E-state index in [0.717, 1.165) is 23.0 Å². The molecule has 1 fully saturated rings. The van der Waals surface area contributed by atoms with E-state index in [0.29, 0.717) is 12.5 Å². The van der Waals surface area contributed by atoms with Crippen LogP contribution in [-0.2, 0) is 4.79 Å². The maximum atomic E-state index is 12.2. The first-order valence-electron chi connectivity index (χ1n) is 8.31. The number of aromatic nitrogens is 3. The number of carbonyl (C=O) groups is 1. The third-order valence-corrected chi connectivity index (χ3v) is 4.67. The lowest BCUT2D eigenvalue weighted by Gasteiger charge is -2.33. The quantitative estimate of drug-likeness (QED) is 0.916. The molecule has 0 spiro atoms. The van der Waals surface area contributed by atoms with Gasteiger partial charge in [-0.15, -0.1) is 5.10 Å². The zero-order valence-electron chi connectivity index (χ0n) is 14.0. The van der Waals surface area contributed by atoms with E-state index in [4.69, 9.17) is 0 Å². The Hall–Kier alpha value is -2.17. The number of para-hydroxylation sites is 1. The lowest BCUT2D eigenvalue weighted by Crippen LogP contribution is -2.26. The second kappa shape index (κ2) is 6.52. The van der Waals surface area contributed by atoms with Crippen molar-refractivity contribution < 1.29 is 4.79 Å². The first kappa shape index (κ1) is 15.7. The number of nitrogens with one attached hydrogen (secondary N) is 1. The molecule has 1 aliphatic rings. The largest absolute Gasteiger partial charge is 0.326 e. The Morgan fingerprint density at radius 3 is 2.70 bits per heavy atom. The number of hydrogen-bond acceptors (Lipinski definition) is 3. The summed E-state index contributed by atoms with van der Waals surface area (Å²) in [7, 11) is 0. The van der Waals surface area contributed by atoms with E-state index < -0.39 is 0 Å². The van der Waals surface area contributed by atoms with Gasteiger partial charge in [0.2, 0.25) is 5.91 Å². The highest BCUT2D eigenvalue weighted by atomic mass is 16.1. The van der Waals surface area contributed by atoms with Crippen LogP contribution >= 0.6 is 0 Å². The van der Waals surface area contributed by atoms with Crippen molar-refractivity contribution >= 4 is 11.6 Å². The smallest absolute Gasteiger partial charge is 0.225 e. The Morgan fingerprint density at radius 1 is 1.35 bits per heavy atom. The third-order valence-electron chi connectivity index (χ3n) is 4.67. The van der Waals surface area contributed by atoms with Crippen molar-refractivity contribution in [3.05, 3.63) is 41.7 Å². The number of rotatable bonds is 5. The molecule has 1 aromatic carbocycles. The molecule has 1 atom stereocenters. The highest BCUT2D eigenvalue weighted by Gasteiger charge is 2.30. The highest BCUT2D eigenvalue weighted by Crippen LogP contribution is 2.38. The molecule has 0 radical (unpaired) electrons. The molecule has 5 heteroatoms. The van der Waals surface area contributed by atoms with Gasteiger partial charge in [-0.25, -0.2) is 4.68 Å². The van der Waals surface area contributed by atoms with E-state index >= 15 is 0 Å². The topological polar surface area (TPSA) is 59.8 Å². The summed E-state index contributed by atoms with van der Waals surface area (Å²) in [5.74, 6) is 0.848. The molecule has 1 aromatic heterocycles. The van der Waals surface area contributed by atoms with E-state index in [1.165, 1.54) is 12.8 Å². The summed E-state index contributed by atoms with van der Waals surface area (Å²) in [6.45, 7) is 6.36. The maximum Gasteiger partial charge on any atom is 0.225 e. The van der Waals surface area contributed by atoms with Crippen molar-refractivity contribution in [1.29, 1.82) is 0 Å². The van der Waals surface area contributed by atoms with Gasteiger partial charge in [0, 0.05) is 18.0 Å². The summed E-state index contributed by atoms with van der Waals surface area (Å²) in [4.78, 5) is 12.2. The van der Waals surface area contributed by atoms with Gasteiger partial charge in [0.05, 0.1) is 17.4 Å². The molecule has 1 heterocycles. The second-order valence-corrected chi connectivity index (χ2v) is 6.75. The molecule has 3 rings (SSSR count). The fourth-order valence-corrected chi connectivity index (χ4v) is 3.32. The molecule has 0 unspecified atom stereocenters. The molecular weight excluding hydrogens is 288 g/mol. The zero-order chi connectivity index (χ0) is 16.4. The van der Waals surface area contributed by atoms with Crippen molar-refractivity contribution in [2.75, 3.05) is 5.32 Å². The molecule has 1 amide bonds. The van der Waals surface area contributed by atoms with Gasteiger partial charge in [-0.05, 0) is 37.8 Å². The second-order valence-electron chi connectivity index (χ2n) is 6.75. The van der Waals surface area contributed by atoms with Crippen LogP contribution in [0.4, 0.5) is 5.69 Å². The van der Waals surface area contributed by atoms with Gasteiger partial charge < -0.3 is 5.32 Å². The standard InChI is InChI=1S/C18H24N4O/c1-12-9-16(10-12)22-14(3)18(20-21-22)13(2)11-17(23)19-15-7-5-4-6-8-15/h4-8,12-13,16H,9-11H2,1-3H3,(H,19,23)/t12-,13-,16+/m0/s1. The molecule has 1 N–H and O–H groups in total. The van der Waals surface area contributed by atoms with Crippen molar-refractivity contribution in [1.82, 2.24) is 15.0 Å². The van der Waals surface area contributed by atoms with Crippen LogP contribution < -0.4 is 5.32 Å². The molecule has 0 bridgehead atoms. The summed E-state index contributed by atoms with van der Waals surface area (Å²) in [6.07, 6.45) is 2.76. The normalized spacial score (nSPS) is 21.5. The number of nitrogens with zero attached hydrogens (tertiary/aromatic N) is 3. The van der Waals surface area contributed by atoms with Gasteiger partial charge in [-0.3, -0.25) is 4.79 Å². The number of amides is 1. The van der Waals surface area contributed by atoms with E-state index in [-0.39, 0.29) is 11.8 Å². The highest BCUT2D eigenvalue weighted by molar-refractivity contribution is 5.91. The van der Waals surface area contributed by atoms with E-state index in [1.807, 2.05) is 41.9 Å². The van der Waals surface area contributed by atoms with Crippen LogP contribution in [0.3, 0.4) is 0 Å². The van der Waals surface area contributed by atoms with Crippen molar-refractivity contribution in [2.24, 2.45) is 5.92 Å². The predicted molar refractivity (Wildman–Crippen MR) is 90.3 cm³/mol. The fourth-order valence-electron chi connectivity index (χ4n) is 3.32. The van der Waals surface area contributed by atoms with Gasteiger partial charge in [0.25, 0.3) is 0 Å². The SMILES string of the molecule is Cc1c([C@@H](C)CC(=O)Nc2ccccc2)nnn1[C@H]1C[C@@H](C)C1. The molecule has 0 saturated heterocycles. The Morgan fingerprint density at radius 2 is 2.04 bits per heavy atom. The fraction of sp³-hybridized carbons (Fsp3) is 0.500. The molecule has 5 nitrogen and oxygen atoms in total. The van der Waals surface area contributed by atoms with Gasteiger partial charge in [-0.1, -0.05) is 37.3 Å². The number of hydrogen-bond donors (Lipinski definition) is 1. The molecule has 23 heavy (non-hydrogen) atoms. The first-order valence-corrected chi connectivity index (χ1v) is 8.31. The van der Waals surface area contributed by atoms with Crippen LogP contribution in [0.2, 0.25) is 0 Å². The third kappa shape index (κ3) is 3.44. The average molecular weight is 312 g/mol. The Kier molecular flexibility index (Phi) is 4.46. The number of anilines is 1. The van der Waals surface area contributed by atoms with E-state index in [1.54, 1.807) is 0 Å². The summed E-state index contributed by atoms with van der Waals surface area (Å²) < 4.78 is 2.04. The maximum absolute atomic E-state index is 12.2. The van der Waals surface area contributed by atoms with Gasteiger partial charge >= 0.3 is 0 Å². The van der Waals surface area contributed by atoms with Crippen LogP contribution in [0.5, 0.6) is 0 Å². The van der Waals surface area contributed by atoms with Gasteiger partial charge in [0.15, 0.2) is 0 Å². The molecule has 0 aliphatic heterocycles. The van der Waals surface area contributed by atoms with Crippen LogP contribution in [0.25, 0.3) is 0 Å². The summed E-state index contributed by atoms with van der Waals surface area (Å²) >= 11 is 0. The lowest BCUT2D eigenvalue weighted by atomic mass is 9.82. The number of carbonyl (C=O) groups excluding carboxylic acids is 1. The van der Waals surface area contributed by atoms with E-state index in [9.17, 15) is 4.79 Å².